The van der Waals surface area contributed by atoms with E-state index < -0.39 is 0 Å². The second-order valence-corrected chi connectivity index (χ2v) is 5.93. The van der Waals surface area contributed by atoms with Crippen molar-refractivity contribution in [2.45, 2.75) is 18.9 Å². The summed E-state index contributed by atoms with van der Waals surface area (Å²) in [6.45, 7) is 1.16. The smallest absolute Gasteiger partial charge is 0.251 e. The number of furan rings is 1. The Morgan fingerprint density at radius 2 is 1.88 bits per heavy atom. The zero-order chi connectivity index (χ0) is 17.6. The Bertz CT molecular complexity index is 745. The Morgan fingerprint density at radius 1 is 1.16 bits per heavy atom. The molecule has 0 aliphatic carbocycles. The molecule has 0 atom stereocenters. The van der Waals surface area contributed by atoms with Gasteiger partial charge in [0.05, 0.1) is 6.26 Å². The predicted molar refractivity (Wildman–Crippen MR) is 91.2 cm³/mol. The third-order valence-corrected chi connectivity index (χ3v) is 4.18. The van der Waals surface area contributed by atoms with Crippen LogP contribution >= 0.6 is 0 Å². The minimum absolute atomic E-state index is 0.00987. The van der Waals surface area contributed by atoms with Gasteiger partial charge in [0.1, 0.15) is 11.6 Å². The van der Waals surface area contributed by atoms with Crippen LogP contribution in [0.2, 0.25) is 0 Å². The van der Waals surface area contributed by atoms with E-state index in [0.29, 0.717) is 37.3 Å². The fourth-order valence-electron chi connectivity index (χ4n) is 2.76. The number of benzene rings is 1. The molecule has 1 aliphatic rings. The quantitative estimate of drug-likeness (QED) is 0.869. The maximum Gasteiger partial charge on any atom is 0.251 e. The van der Waals surface area contributed by atoms with Crippen molar-refractivity contribution in [2.75, 3.05) is 13.1 Å². The van der Waals surface area contributed by atoms with Crippen LogP contribution in [-0.4, -0.2) is 35.8 Å². The lowest BCUT2D eigenvalue weighted by molar-refractivity contribution is -0.127. The topological polar surface area (TPSA) is 62.6 Å². The first-order valence-electron chi connectivity index (χ1n) is 8.19. The van der Waals surface area contributed by atoms with Crippen molar-refractivity contribution < 1.29 is 18.4 Å². The maximum atomic E-state index is 12.9. The minimum Gasteiger partial charge on any atom is -0.465 e. The van der Waals surface area contributed by atoms with E-state index in [2.05, 4.69) is 5.32 Å². The van der Waals surface area contributed by atoms with Crippen LogP contribution < -0.4 is 5.32 Å². The largest absolute Gasteiger partial charge is 0.465 e. The van der Waals surface area contributed by atoms with E-state index in [1.54, 1.807) is 29.4 Å². The zero-order valence-corrected chi connectivity index (χ0v) is 13.7. The number of carbonyl (C=O) groups is 2. The molecule has 2 aromatic rings. The molecule has 2 heterocycles. The average molecular weight is 342 g/mol. The first kappa shape index (κ1) is 17.0. The van der Waals surface area contributed by atoms with Gasteiger partial charge in [-0.05, 0) is 55.3 Å². The molecule has 1 aromatic carbocycles. The second kappa shape index (κ2) is 7.79. The third-order valence-electron chi connectivity index (χ3n) is 4.18. The molecule has 3 rings (SSSR count). The Hall–Kier alpha value is -2.89. The summed E-state index contributed by atoms with van der Waals surface area (Å²) in [6, 6.07) is 9.00. The molecule has 1 aliphatic heterocycles. The van der Waals surface area contributed by atoms with Crippen molar-refractivity contribution in [3.8, 4) is 0 Å². The summed E-state index contributed by atoms with van der Waals surface area (Å²) in [6.07, 6.45) is 6.07. The Balaban J connectivity index is 1.47. The van der Waals surface area contributed by atoms with Crippen LogP contribution in [0.25, 0.3) is 6.08 Å². The van der Waals surface area contributed by atoms with E-state index in [1.165, 1.54) is 30.3 Å². The maximum absolute atomic E-state index is 12.9. The minimum atomic E-state index is -0.369. The number of nitrogens with zero attached hydrogens (tertiary/aromatic N) is 1. The number of hydrogen-bond donors (Lipinski definition) is 1. The van der Waals surface area contributed by atoms with Crippen molar-refractivity contribution in [2.24, 2.45) is 0 Å². The number of likely N-dealkylation sites (tertiary alicyclic amines) is 1. The van der Waals surface area contributed by atoms with Gasteiger partial charge in [-0.25, -0.2) is 4.39 Å². The van der Waals surface area contributed by atoms with Gasteiger partial charge < -0.3 is 14.6 Å². The van der Waals surface area contributed by atoms with E-state index in [9.17, 15) is 14.0 Å². The van der Waals surface area contributed by atoms with Crippen molar-refractivity contribution in [1.29, 1.82) is 0 Å². The molecule has 0 saturated carbocycles. The second-order valence-electron chi connectivity index (χ2n) is 5.93. The van der Waals surface area contributed by atoms with Crippen LogP contribution in [0.3, 0.4) is 0 Å². The zero-order valence-electron chi connectivity index (χ0n) is 13.7. The number of halogens is 1. The van der Waals surface area contributed by atoms with Gasteiger partial charge in [0.15, 0.2) is 0 Å². The van der Waals surface area contributed by atoms with E-state index in [0.717, 1.165) is 0 Å². The summed E-state index contributed by atoms with van der Waals surface area (Å²) in [5, 5.41) is 2.94. The summed E-state index contributed by atoms with van der Waals surface area (Å²) in [7, 11) is 0. The fraction of sp³-hybridized carbons (Fsp3) is 0.263. The molecule has 5 nitrogen and oxygen atoms in total. The highest BCUT2D eigenvalue weighted by Gasteiger charge is 2.23. The highest BCUT2D eigenvalue weighted by atomic mass is 19.1. The predicted octanol–water partition coefficient (Wildman–Crippen LogP) is 2.85. The fourth-order valence-corrected chi connectivity index (χ4v) is 2.76. The standard InChI is InChI=1S/C19H19FN2O3/c20-15-5-3-14(4-6-15)19(24)21-16-9-11-22(12-10-16)18(23)8-7-17-2-1-13-25-17/h1-8,13,16H,9-12H2,(H,21,24)/b8-7+. The van der Waals surface area contributed by atoms with Crippen LogP contribution in [0.1, 0.15) is 29.0 Å². The van der Waals surface area contributed by atoms with E-state index in [4.69, 9.17) is 4.42 Å². The van der Waals surface area contributed by atoms with Crippen LogP contribution in [0.15, 0.2) is 53.2 Å². The number of piperidine rings is 1. The molecule has 0 unspecified atom stereocenters. The lowest BCUT2D eigenvalue weighted by atomic mass is 10.0. The highest BCUT2D eigenvalue weighted by molar-refractivity contribution is 5.94. The Morgan fingerprint density at radius 3 is 2.52 bits per heavy atom. The highest BCUT2D eigenvalue weighted by Crippen LogP contribution is 2.13. The van der Waals surface area contributed by atoms with Crippen LogP contribution in [0.5, 0.6) is 0 Å². The molecule has 130 valence electrons. The number of nitrogens with one attached hydrogen (secondary N) is 1. The first-order chi connectivity index (χ1) is 12.1. The molecule has 2 amide bonds. The Kier molecular flexibility index (Phi) is 5.28. The molecule has 1 fully saturated rings. The molecule has 6 heteroatoms. The van der Waals surface area contributed by atoms with Gasteiger partial charge in [-0.2, -0.15) is 0 Å². The van der Waals surface area contributed by atoms with Gasteiger partial charge in [0, 0.05) is 30.8 Å². The summed E-state index contributed by atoms with van der Waals surface area (Å²) in [4.78, 5) is 26.0. The molecule has 0 bridgehead atoms. The molecular weight excluding hydrogens is 323 g/mol. The third kappa shape index (κ3) is 4.56. The summed E-state index contributed by atoms with van der Waals surface area (Å²) in [5.41, 5.74) is 0.432. The summed E-state index contributed by atoms with van der Waals surface area (Å²) < 4.78 is 18.1. The molecular formula is C19H19FN2O3. The van der Waals surface area contributed by atoms with Crippen molar-refractivity contribution >= 4 is 17.9 Å². The summed E-state index contributed by atoms with van der Waals surface area (Å²) >= 11 is 0. The molecule has 0 radical (unpaired) electrons. The van der Waals surface area contributed by atoms with Crippen LogP contribution in [0.4, 0.5) is 4.39 Å². The lowest BCUT2D eigenvalue weighted by Crippen LogP contribution is -2.46. The van der Waals surface area contributed by atoms with Gasteiger partial charge >= 0.3 is 0 Å². The molecule has 1 saturated heterocycles. The summed E-state index contributed by atoms with van der Waals surface area (Å²) in [5.74, 6) is -0.0250. The molecule has 1 aromatic heterocycles. The van der Waals surface area contributed by atoms with Gasteiger partial charge in [-0.1, -0.05) is 0 Å². The molecule has 25 heavy (non-hydrogen) atoms. The lowest BCUT2D eigenvalue weighted by Gasteiger charge is -2.31. The van der Waals surface area contributed by atoms with E-state index in [1.807, 2.05) is 0 Å². The normalized spacial score (nSPS) is 15.5. The molecule has 1 N–H and O–H groups in total. The van der Waals surface area contributed by atoms with E-state index in [-0.39, 0.29) is 23.7 Å². The van der Waals surface area contributed by atoms with Gasteiger partial charge in [0.25, 0.3) is 5.91 Å². The monoisotopic (exact) mass is 342 g/mol. The average Bonchev–Trinajstić information content (AvgIpc) is 3.14. The van der Waals surface area contributed by atoms with Crippen molar-refractivity contribution in [3.05, 3.63) is 65.9 Å². The first-order valence-corrected chi connectivity index (χ1v) is 8.19. The number of rotatable bonds is 4. The SMILES string of the molecule is O=C(NC1CCN(C(=O)/C=C/c2ccco2)CC1)c1ccc(F)cc1. The Labute approximate surface area is 145 Å². The van der Waals surface area contributed by atoms with Crippen molar-refractivity contribution in [1.82, 2.24) is 10.2 Å². The van der Waals surface area contributed by atoms with Gasteiger partial charge in [-0.3, -0.25) is 9.59 Å². The van der Waals surface area contributed by atoms with Gasteiger partial charge in [-0.15, -0.1) is 0 Å². The number of carbonyl (C=O) groups excluding carboxylic acids is 2. The van der Waals surface area contributed by atoms with Crippen LogP contribution in [-0.2, 0) is 4.79 Å². The van der Waals surface area contributed by atoms with Gasteiger partial charge in [0.2, 0.25) is 5.91 Å². The number of hydrogen-bond acceptors (Lipinski definition) is 3. The van der Waals surface area contributed by atoms with Crippen molar-refractivity contribution in [3.63, 3.8) is 0 Å². The van der Waals surface area contributed by atoms with E-state index >= 15 is 0 Å². The molecule has 0 spiro atoms. The van der Waals surface area contributed by atoms with Crippen LogP contribution in [0, 0.1) is 5.82 Å². The number of amides is 2.